The number of amides is 2. The van der Waals surface area contributed by atoms with Gasteiger partial charge < -0.3 is 11.1 Å². The first-order chi connectivity index (χ1) is 10.9. The van der Waals surface area contributed by atoms with E-state index >= 15 is 0 Å². The molecule has 1 aromatic heterocycles. The molecule has 2 amide bonds. The summed E-state index contributed by atoms with van der Waals surface area (Å²) >= 11 is 3.47. The molecular formula is C12H10F2N4O2S3. The maximum atomic E-state index is 13.4. The van der Waals surface area contributed by atoms with Gasteiger partial charge in [0.25, 0.3) is 0 Å². The number of nitrogens with one attached hydrogen (secondary N) is 1. The molecular weight excluding hydrogens is 366 g/mol. The number of halogens is 2. The lowest BCUT2D eigenvalue weighted by Gasteiger charge is -2.05. The largest absolute Gasteiger partial charge is 0.369 e. The molecule has 0 unspecified atom stereocenters. The highest BCUT2D eigenvalue weighted by molar-refractivity contribution is 8.03. The average Bonchev–Trinajstić information content (AvgIpc) is 2.95. The molecule has 0 saturated carbocycles. The highest BCUT2D eigenvalue weighted by Crippen LogP contribution is 2.28. The average molecular weight is 376 g/mol. The van der Waals surface area contributed by atoms with Crippen molar-refractivity contribution in [2.24, 2.45) is 5.73 Å². The van der Waals surface area contributed by atoms with E-state index < -0.39 is 23.4 Å². The molecule has 0 fully saturated rings. The van der Waals surface area contributed by atoms with E-state index in [2.05, 4.69) is 15.5 Å². The molecule has 0 aliphatic rings. The Bertz CT molecular complexity index is 726. The fourth-order valence-electron chi connectivity index (χ4n) is 1.35. The van der Waals surface area contributed by atoms with Crippen LogP contribution in [0.4, 0.5) is 14.5 Å². The minimum atomic E-state index is -0.717. The molecule has 0 aliphatic heterocycles. The van der Waals surface area contributed by atoms with Crippen LogP contribution in [0.2, 0.25) is 0 Å². The van der Waals surface area contributed by atoms with Crippen molar-refractivity contribution < 1.29 is 18.4 Å². The Morgan fingerprint density at radius 2 is 1.83 bits per heavy atom. The van der Waals surface area contributed by atoms with Crippen molar-refractivity contribution in [2.45, 2.75) is 8.68 Å². The molecule has 0 saturated heterocycles. The summed E-state index contributed by atoms with van der Waals surface area (Å²) in [5, 5.41) is 9.97. The Morgan fingerprint density at radius 3 is 2.48 bits per heavy atom. The van der Waals surface area contributed by atoms with E-state index in [1.54, 1.807) is 0 Å². The van der Waals surface area contributed by atoms with Gasteiger partial charge in [0, 0.05) is 6.07 Å². The zero-order chi connectivity index (χ0) is 16.8. The zero-order valence-corrected chi connectivity index (χ0v) is 13.9. The molecule has 11 heteroatoms. The summed E-state index contributed by atoms with van der Waals surface area (Å²) in [7, 11) is 0. The fourth-order valence-corrected chi connectivity index (χ4v) is 3.91. The van der Waals surface area contributed by atoms with Gasteiger partial charge in [0.2, 0.25) is 11.8 Å². The number of aromatic nitrogens is 2. The topological polar surface area (TPSA) is 98.0 Å². The summed E-state index contributed by atoms with van der Waals surface area (Å²) in [6, 6.07) is 2.80. The van der Waals surface area contributed by atoms with Crippen LogP contribution in [-0.2, 0) is 9.59 Å². The third-order valence-corrected chi connectivity index (χ3v) is 5.47. The standard InChI is InChI=1S/C12H10F2N4O2S3/c13-6-1-2-7(14)8(3-6)16-10(20)5-22-12-18-17-11(23-12)21-4-9(15)19/h1-3H,4-5H2,(H2,15,19)(H,16,20). The molecule has 6 nitrogen and oxygen atoms in total. The second-order valence-electron chi connectivity index (χ2n) is 4.05. The highest BCUT2D eigenvalue weighted by Gasteiger charge is 2.11. The van der Waals surface area contributed by atoms with E-state index in [1.807, 2.05) is 0 Å². The molecule has 122 valence electrons. The van der Waals surface area contributed by atoms with E-state index in [0.29, 0.717) is 8.68 Å². The number of anilines is 1. The van der Waals surface area contributed by atoms with Crippen molar-refractivity contribution in [3.05, 3.63) is 29.8 Å². The lowest BCUT2D eigenvalue weighted by atomic mass is 10.3. The predicted octanol–water partition coefficient (Wildman–Crippen LogP) is 2.12. The van der Waals surface area contributed by atoms with Crippen LogP contribution in [0.1, 0.15) is 0 Å². The molecule has 0 atom stereocenters. The summed E-state index contributed by atoms with van der Waals surface area (Å²) in [5.74, 6) is -2.26. The van der Waals surface area contributed by atoms with Gasteiger partial charge in [0.1, 0.15) is 11.6 Å². The Hall–Kier alpha value is -1.72. The highest BCUT2D eigenvalue weighted by atomic mass is 32.2. The monoisotopic (exact) mass is 376 g/mol. The van der Waals surface area contributed by atoms with Crippen LogP contribution in [0, 0.1) is 11.6 Å². The lowest BCUT2D eigenvalue weighted by molar-refractivity contribution is -0.115. The van der Waals surface area contributed by atoms with Gasteiger partial charge in [-0.3, -0.25) is 9.59 Å². The van der Waals surface area contributed by atoms with E-state index in [1.165, 1.54) is 11.3 Å². The van der Waals surface area contributed by atoms with Gasteiger partial charge in [-0.15, -0.1) is 10.2 Å². The molecule has 0 bridgehead atoms. The van der Waals surface area contributed by atoms with E-state index in [-0.39, 0.29) is 17.2 Å². The van der Waals surface area contributed by atoms with Crippen molar-refractivity contribution >= 4 is 52.4 Å². The van der Waals surface area contributed by atoms with Crippen LogP contribution in [0.5, 0.6) is 0 Å². The number of rotatable bonds is 7. The minimum Gasteiger partial charge on any atom is -0.369 e. The molecule has 0 spiro atoms. The van der Waals surface area contributed by atoms with Crippen molar-refractivity contribution in [2.75, 3.05) is 16.8 Å². The maximum absolute atomic E-state index is 13.4. The van der Waals surface area contributed by atoms with Gasteiger partial charge >= 0.3 is 0 Å². The second kappa shape index (κ2) is 8.22. The number of primary amides is 1. The van der Waals surface area contributed by atoms with Crippen LogP contribution in [0.15, 0.2) is 26.9 Å². The number of carbonyl (C=O) groups is 2. The van der Waals surface area contributed by atoms with Gasteiger partial charge in [-0.05, 0) is 12.1 Å². The van der Waals surface area contributed by atoms with Crippen LogP contribution >= 0.6 is 34.9 Å². The third-order valence-electron chi connectivity index (χ3n) is 2.26. The van der Waals surface area contributed by atoms with Gasteiger partial charge in [-0.2, -0.15) is 0 Å². The molecule has 3 N–H and O–H groups in total. The Labute approximate surface area is 142 Å². The first kappa shape index (κ1) is 17.6. The van der Waals surface area contributed by atoms with Crippen LogP contribution < -0.4 is 11.1 Å². The summed E-state index contributed by atoms with van der Waals surface area (Å²) in [6.07, 6.45) is 0. The first-order valence-corrected chi connectivity index (χ1v) is 8.85. The first-order valence-electron chi connectivity index (χ1n) is 6.06. The Balaban J connectivity index is 1.84. The maximum Gasteiger partial charge on any atom is 0.234 e. The van der Waals surface area contributed by atoms with Gasteiger partial charge in [0.15, 0.2) is 8.68 Å². The molecule has 0 aliphatic carbocycles. The molecule has 1 aromatic carbocycles. The number of hydrogen-bond donors (Lipinski definition) is 2. The van der Waals surface area contributed by atoms with Gasteiger partial charge in [-0.1, -0.05) is 34.9 Å². The minimum absolute atomic E-state index is 0.0366. The Morgan fingerprint density at radius 1 is 1.17 bits per heavy atom. The third kappa shape index (κ3) is 5.77. The number of benzene rings is 1. The van der Waals surface area contributed by atoms with Crippen molar-refractivity contribution in [1.82, 2.24) is 10.2 Å². The second-order valence-corrected chi connectivity index (χ2v) is 7.47. The molecule has 2 aromatic rings. The van der Waals surface area contributed by atoms with E-state index in [0.717, 1.165) is 41.7 Å². The summed E-state index contributed by atoms with van der Waals surface area (Å²) in [6.45, 7) is 0. The van der Waals surface area contributed by atoms with Crippen LogP contribution in [0.3, 0.4) is 0 Å². The molecule has 23 heavy (non-hydrogen) atoms. The number of nitrogens with zero attached hydrogens (tertiary/aromatic N) is 2. The summed E-state index contributed by atoms with van der Waals surface area (Å²) in [5.41, 5.74) is 4.81. The lowest BCUT2D eigenvalue weighted by Crippen LogP contribution is -2.15. The van der Waals surface area contributed by atoms with E-state index in [9.17, 15) is 18.4 Å². The van der Waals surface area contributed by atoms with Gasteiger partial charge in [0.05, 0.1) is 17.2 Å². The van der Waals surface area contributed by atoms with Crippen molar-refractivity contribution in [1.29, 1.82) is 0 Å². The summed E-state index contributed by atoms with van der Waals surface area (Å²) < 4.78 is 27.5. The number of hydrogen-bond acceptors (Lipinski definition) is 7. The van der Waals surface area contributed by atoms with Crippen LogP contribution in [-0.4, -0.2) is 33.5 Å². The molecule has 0 radical (unpaired) electrons. The number of nitrogens with two attached hydrogens (primary N) is 1. The van der Waals surface area contributed by atoms with E-state index in [4.69, 9.17) is 5.73 Å². The zero-order valence-electron chi connectivity index (χ0n) is 11.4. The molecule has 1 heterocycles. The quantitative estimate of drug-likeness (QED) is 0.719. The predicted molar refractivity (Wildman–Crippen MR) is 85.5 cm³/mol. The van der Waals surface area contributed by atoms with Crippen molar-refractivity contribution in [3.8, 4) is 0 Å². The normalized spacial score (nSPS) is 10.5. The number of carbonyl (C=O) groups excluding carboxylic acids is 2. The smallest absolute Gasteiger partial charge is 0.234 e. The Kier molecular flexibility index (Phi) is 6.30. The van der Waals surface area contributed by atoms with Crippen LogP contribution in [0.25, 0.3) is 0 Å². The van der Waals surface area contributed by atoms with Crippen molar-refractivity contribution in [3.63, 3.8) is 0 Å². The summed E-state index contributed by atoms with van der Waals surface area (Å²) in [4.78, 5) is 22.4. The SMILES string of the molecule is NC(=O)CSc1nnc(SCC(=O)Nc2cc(F)ccc2F)s1. The fraction of sp³-hybridized carbons (Fsp3) is 0.167. The molecule has 2 rings (SSSR count). The number of thioether (sulfide) groups is 2. The van der Waals surface area contributed by atoms with Gasteiger partial charge in [-0.25, -0.2) is 8.78 Å².